The maximum absolute atomic E-state index is 6.29. The minimum absolute atomic E-state index is 0.0351. The zero-order valence-electron chi connectivity index (χ0n) is 12.3. The van der Waals surface area contributed by atoms with Crippen molar-refractivity contribution in [3.05, 3.63) is 53.1 Å². The molecule has 0 bridgehead atoms. The molecule has 0 aliphatic rings. The fourth-order valence-corrected chi connectivity index (χ4v) is 2.33. The van der Waals surface area contributed by atoms with E-state index in [1.54, 1.807) is 0 Å². The highest BCUT2D eigenvalue weighted by Crippen LogP contribution is 2.37. The normalized spacial score (nSPS) is 12.0. The molecule has 0 saturated heterocycles. The van der Waals surface area contributed by atoms with Gasteiger partial charge < -0.3 is 15.2 Å². The molecule has 0 aliphatic heterocycles. The summed E-state index contributed by atoms with van der Waals surface area (Å²) in [6, 6.07) is 13.3. The fraction of sp³-hybridized carbons (Fsp3) is 0.294. The maximum Gasteiger partial charge on any atom is 0.169 e. The molecule has 0 amide bonds. The molecule has 0 spiro atoms. The second kappa shape index (κ2) is 7.34. The van der Waals surface area contributed by atoms with E-state index in [2.05, 4.69) is 0 Å². The van der Waals surface area contributed by atoms with Crippen LogP contribution in [0.1, 0.15) is 19.4 Å². The average molecular weight is 306 g/mol. The Morgan fingerprint density at radius 2 is 1.81 bits per heavy atom. The lowest BCUT2D eigenvalue weighted by atomic mass is 10.1. The summed E-state index contributed by atoms with van der Waals surface area (Å²) in [6.45, 7) is 4.47. The van der Waals surface area contributed by atoms with Crippen LogP contribution in [-0.4, -0.2) is 12.6 Å². The van der Waals surface area contributed by atoms with Gasteiger partial charge in [-0.15, -0.1) is 0 Å². The molecule has 2 aromatic rings. The molecular weight excluding hydrogens is 286 g/mol. The summed E-state index contributed by atoms with van der Waals surface area (Å²) in [6.07, 6.45) is 0.701. The van der Waals surface area contributed by atoms with E-state index in [9.17, 15) is 0 Å². The second-order valence-electron chi connectivity index (χ2n) is 4.89. The largest absolute Gasteiger partial charge is 0.490 e. The van der Waals surface area contributed by atoms with Gasteiger partial charge in [0.1, 0.15) is 5.75 Å². The lowest BCUT2D eigenvalue weighted by molar-refractivity contribution is 0.321. The van der Waals surface area contributed by atoms with Crippen molar-refractivity contribution in [2.45, 2.75) is 26.3 Å². The Morgan fingerprint density at radius 1 is 1.10 bits per heavy atom. The molecule has 2 rings (SSSR count). The van der Waals surface area contributed by atoms with Gasteiger partial charge in [0.05, 0.1) is 11.6 Å². The number of benzene rings is 2. The lowest BCUT2D eigenvalue weighted by Gasteiger charge is -2.16. The van der Waals surface area contributed by atoms with Gasteiger partial charge in [0, 0.05) is 6.04 Å². The molecule has 21 heavy (non-hydrogen) atoms. The number of para-hydroxylation sites is 3. The van der Waals surface area contributed by atoms with Crippen molar-refractivity contribution in [2.75, 3.05) is 6.61 Å². The predicted molar refractivity (Wildman–Crippen MR) is 86.5 cm³/mol. The van der Waals surface area contributed by atoms with E-state index in [1.165, 1.54) is 0 Å². The third-order valence-corrected chi connectivity index (χ3v) is 3.25. The molecule has 0 fully saturated rings. The van der Waals surface area contributed by atoms with Gasteiger partial charge in [0.2, 0.25) is 0 Å². The zero-order chi connectivity index (χ0) is 15.2. The van der Waals surface area contributed by atoms with Gasteiger partial charge >= 0.3 is 0 Å². The summed E-state index contributed by atoms with van der Waals surface area (Å²) < 4.78 is 11.6. The van der Waals surface area contributed by atoms with Gasteiger partial charge in [0.25, 0.3) is 0 Å². The van der Waals surface area contributed by atoms with Gasteiger partial charge in [-0.2, -0.15) is 0 Å². The first-order valence-electron chi connectivity index (χ1n) is 7.04. The molecule has 2 N–H and O–H groups in total. The van der Waals surface area contributed by atoms with Crippen LogP contribution in [0.15, 0.2) is 42.5 Å². The fourth-order valence-electron chi connectivity index (χ4n) is 2.09. The van der Waals surface area contributed by atoms with Crippen LogP contribution < -0.4 is 15.2 Å². The van der Waals surface area contributed by atoms with Crippen molar-refractivity contribution in [3.8, 4) is 17.2 Å². The Hall–Kier alpha value is -1.71. The molecule has 0 aliphatic carbocycles. The van der Waals surface area contributed by atoms with Gasteiger partial charge in [-0.25, -0.2) is 0 Å². The summed E-state index contributed by atoms with van der Waals surface area (Å²) in [5, 5.41) is 0.569. The van der Waals surface area contributed by atoms with Gasteiger partial charge in [-0.3, -0.25) is 0 Å². The molecule has 0 radical (unpaired) electrons. The first kappa shape index (κ1) is 15.7. The molecule has 112 valence electrons. The Bertz CT molecular complexity index is 599. The van der Waals surface area contributed by atoms with E-state index in [-0.39, 0.29) is 6.04 Å². The molecule has 2 aromatic carbocycles. The van der Waals surface area contributed by atoms with Crippen molar-refractivity contribution >= 4 is 11.6 Å². The Labute approximate surface area is 130 Å². The number of hydrogen-bond acceptors (Lipinski definition) is 3. The Kier molecular flexibility index (Phi) is 5.48. The summed E-state index contributed by atoms with van der Waals surface area (Å²) in [4.78, 5) is 0. The monoisotopic (exact) mass is 305 g/mol. The highest BCUT2D eigenvalue weighted by molar-refractivity contribution is 6.32. The Balaban J connectivity index is 2.35. The third-order valence-electron chi connectivity index (χ3n) is 2.95. The van der Waals surface area contributed by atoms with Gasteiger partial charge in [-0.1, -0.05) is 35.9 Å². The topological polar surface area (TPSA) is 44.5 Å². The molecule has 3 nitrogen and oxygen atoms in total. The van der Waals surface area contributed by atoms with Crippen LogP contribution in [0.3, 0.4) is 0 Å². The van der Waals surface area contributed by atoms with Crippen LogP contribution in [-0.2, 0) is 6.42 Å². The summed E-state index contributed by atoms with van der Waals surface area (Å²) in [5.41, 5.74) is 6.88. The minimum Gasteiger partial charge on any atom is -0.490 e. The number of hydrogen-bond donors (Lipinski definition) is 1. The molecule has 0 aromatic heterocycles. The van der Waals surface area contributed by atoms with Crippen LogP contribution in [0, 0.1) is 0 Å². The first-order chi connectivity index (χ1) is 10.1. The van der Waals surface area contributed by atoms with E-state index in [0.717, 1.165) is 5.56 Å². The van der Waals surface area contributed by atoms with Crippen LogP contribution in [0.4, 0.5) is 0 Å². The molecule has 4 heteroatoms. The van der Waals surface area contributed by atoms with Crippen LogP contribution in [0.5, 0.6) is 17.2 Å². The highest BCUT2D eigenvalue weighted by atomic mass is 35.5. The van der Waals surface area contributed by atoms with Crippen molar-refractivity contribution < 1.29 is 9.47 Å². The maximum atomic E-state index is 6.29. The smallest absolute Gasteiger partial charge is 0.169 e. The zero-order valence-corrected chi connectivity index (χ0v) is 13.1. The summed E-state index contributed by atoms with van der Waals surface area (Å²) >= 11 is 6.29. The standard InChI is InChI=1S/C17H20ClNO2/c1-3-20-15-9-4-5-10-16(15)21-17-13(11-12(2)19)7-6-8-14(17)18/h4-10,12H,3,11,19H2,1-2H3. The van der Waals surface area contributed by atoms with E-state index < -0.39 is 0 Å². The average Bonchev–Trinajstić information content (AvgIpc) is 2.44. The van der Waals surface area contributed by atoms with Crippen molar-refractivity contribution in [2.24, 2.45) is 5.73 Å². The molecular formula is C17H20ClNO2. The van der Waals surface area contributed by atoms with Crippen LogP contribution in [0.25, 0.3) is 0 Å². The molecule has 0 saturated carbocycles. The quantitative estimate of drug-likeness (QED) is 0.859. The number of ether oxygens (including phenoxy) is 2. The van der Waals surface area contributed by atoms with Crippen LogP contribution in [0.2, 0.25) is 5.02 Å². The van der Waals surface area contributed by atoms with Crippen molar-refractivity contribution in [1.82, 2.24) is 0 Å². The van der Waals surface area contributed by atoms with Crippen molar-refractivity contribution in [1.29, 1.82) is 0 Å². The molecule has 0 heterocycles. The highest BCUT2D eigenvalue weighted by Gasteiger charge is 2.13. The lowest BCUT2D eigenvalue weighted by Crippen LogP contribution is -2.18. The van der Waals surface area contributed by atoms with E-state index in [0.29, 0.717) is 35.3 Å². The number of nitrogens with two attached hydrogens (primary N) is 1. The van der Waals surface area contributed by atoms with Gasteiger partial charge in [-0.05, 0) is 44.0 Å². The minimum atomic E-state index is 0.0351. The first-order valence-corrected chi connectivity index (χ1v) is 7.42. The van der Waals surface area contributed by atoms with Crippen LogP contribution >= 0.6 is 11.6 Å². The second-order valence-corrected chi connectivity index (χ2v) is 5.30. The van der Waals surface area contributed by atoms with Gasteiger partial charge in [0.15, 0.2) is 11.5 Å². The summed E-state index contributed by atoms with van der Waals surface area (Å²) in [7, 11) is 0. The Morgan fingerprint density at radius 3 is 2.48 bits per heavy atom. The SMILES string of the molecule is CCOc1ccccc1Oc1c(Cl)cccc1CC(C)N. The van der Waals surface area contributed by atoms with Crippen molar-refractivity contribution in [3.63, 3.8) is 0 Å². The molecule has 1 unspecified atom stereocenters. The molecule has 1 atom stereocenters. The van der Waals surface area contributed by atoms with E-state index >= 15 is 0 Å². The number of rotatable bonds is 6. The summed E-state index contributed by atoms with van der Waals surface area (Å²) in [5.74, 6) is 1.99. The third kappa shape index (κ3) is 4.13. The number of halogens is 1. The predicted octanol–water partition coefficient (Wildman–Crippen LogP) is 4.42. The van der Waals surface area contributed by atoms with E-state index in [1.807, 2.05) is 56.3 Å². The van der Waals surface area contributed by atoms with E-state index in [4.69, 9.17) is 26.8 Å².